The third-order valence-corrected chi connectivity index (χ3v) is 2.32. The number of carbonyl (C=O) groups is 1. The van der Waals surface area contributed by atoms with Crippen molar-refractivity contribution in [1.82, 2.24) is 14.8 Å². The smallest absolute Gasteiger partial charge is 0.307 e. The highest BCUT2D eigenvalue weighted by molar-refractivity contribution is 5.70. The van der Waals surface area contributed by atoms with Gasteiger partial charge in [-0.25, -0.2) is 9.67 Å². The molecule has 0 saturated heterocycles. The van der Waals surface area contributed by atoms with Crippen LogP contribution in [0, 0.1) is 12.8 Å². The number of aromatic nitrogens is 3. The Balaban J connectivity index is 2.24. The largest absolute Gasteiger partial charge is 0.481 e. The first-order chi connectivity index (χ1) is 6.16. The van der Waals surface area contributed by atoms with Crippen molar-refractivity contribution < 1.29 is 9.90 Å². The molecule has 0 aliphatic carbocycles. The molecule has 13 heavy (non-hydrogen) atoms. The Morgan fingerprint density at radius 2 is 2.46 bits per heavy atom. The fourth-order valence-electron chi connectivity index (χ4n) is 1.64. The molecule has 2 heterocycles. The van der Waals surface area contributed by atoms with E-state index in [2.05, 4.69) is 10.1 Å². The minimum atomic E-state index is -0.730. The van der Waals surface area contributed by atoms with Gasteiger partial charge in [0.1, 0.15) is 11.6 Å². The van der Waals surface area contributed by atoms with Crippen molar-refractivity contribution in [1.29, 1.82) is 0 Å². The SMILES string of the molecule is Cc1nc2n(n1)CCC(C(=O)O)C2. The van der Waals surface area contributed by atoms with E-state index >= 15 is 0 Å². The summed E-state index contributed by atoms with van der Waals surface area (Å²) >= 11 is 0. The molecule has 0 fully saturated rings. The Morgan fingerprint density at radius 3 is 3.15 bits per heavy atom. The Hall–Kier alpha value is -1.39. The van der Waals surface area contributed by atoms with E-state index < -0.39 is 5.97 Å². The molecule has 0 saturated carbocycles. The molecule has 1 unspecified atom stereocenters. The molecule has 1 atom stereocenters. The number of carboxylic acid groups (broad SMARTS) is 1. The number of hydrogen-bond acceptors (Lipinski definition) is 3. The molecule has 0 amide bonds. The van der Waals surface area contributed by atoms with Crippen molar-refractivity contribution in [2.24, 2.45) is 5.92 Å². The van der Waals surface area contributed by atoms with E-state index in [0.29, 0.717) is 19.4 Å². The monoisotopic (exact) mass is 181 g/mol. The zero-order valence-corrected chi connectivity index (χ0v) is 7.40. The summed E-state index contributed by atoms with van der Waals surface area (Å²) in [5.74, 6) is 0.514. The molecule has 1 aliphatic heterocycles. The zero-order chi connectivity index (χ0) is 9.42. The predicted molar refractivity (Wildman–Crippen MR) is 44.2 cm³/mol. The van der Waals surface area contributed by atoms with Crippen molar-refractivity contribution in [3.63, 3.8) is 0 Å². The number of rotatable bonds is 1. The average Bonchev–Trinajstić information content (AvgIpc) is 2.42. The lowest BCUT2D eigenvalue weighted by atomic mass is 9.99. The van der Waals surface area contributed by atoms with Crippen LogP contribution in [0.1, 0.15) is 18.1 Å². The third kappa shape index (κ3) is 1.41. The number of carboxylic acids is 1. The van der Waals surface area contributed by atoms with Gasteiger partial charge in [-0.2, -0.15) is 5.10 Å². The van der Waals surface area contributed by atoms with Crippen molar-refractivity contribution in [3.8, 4) is 0 Å². The number of aliphatic carboxylic acids is 1. The van der Waals surface area contributed by atoms with Crippen LogP contribution in [0.2, 0.25) is 0 Å². The van der Waals surface area contributed by atoms with E-state index in [0.717, 1.165) is 11.6 Å². The summed E-state index contributed by atoms with van der Waals surface area (Å²) in [6, 6.07) is 0. The summed E-state index contributed by atoms with van der Waals surface area (Å²) in [7, 11) is 0. The summed E-state index contributed by atoms with van der Waals surface area (Å²) in [5, 5.41) is 13.0. The highest BCUT2D eigenvalue weighted by atomic mass is 16.4. The van der Waals surface area contributed by atoms with Gasteiger partial charge in [0.15, 0.2) is 0 Å². The molecular weight excluding hydrogens is 170 g/mol. The van der Waals surface area contributed by atoms with Crippen LogP contribution in [-0.4, -0.2) is 25.8 Å². The van der Waals surface area contributed by atoms with Gasteiger partial charge in [-0.3, -0.25) is 4.79 Å². The second-order valence-corrected chi connectivity index (χ2v) is 3.33. The maximum absolute atomic E-state index is 10.7. The van der Waals surface area contributed by atoms with E-state index in [1.54, 1.807) is 4.68 Å². The molecule has 0 aromatic carbocycles. The predicted octanol–water partition coefficient (Wildman–Crippen LogP) is 0.234. The van der Waals surface area contributed by atoms with Gasteiger partial charge in [0.25, 0.3) is 0 Å². The normalized spacial score (nSPS) is 21.2. The summed E-state index contributed by atoms with van der Waals surface area (Å²) in [4.78, 5) is 14.9. The van der Waals surface area contributed by atoms with E-state index in [-0.39, 0.29) is 5.92 Å². The van der Waals surface area contributed by atoms with Crippen molar-refractivity contribution >= 4 is 5.97 Å². The quantitative estimate of drug-likeness (QED) is 0.673. The van der Waals surface area contributed by atoms with Gasteiger partial charge in [0.05, 0.1) is 5.92 Å². The maximum atomic E-state index is 10.7. The molecule has 1 aromatic rings. The Morgan fingerprint density at radius 1 is 1.69 bits per heavy atom. The molecule has 1 aliphatic rings. The highest BCUT2D eigenvalue weighted by Crippen LogP contribution is 2.18. The van der Waals surface area contributed by atoms with Crippen molar-refractivity contribution in [2.45, 2.75) is 26.3 Å². The lowest BCUT2D eigenvalue weighted by molar-refractivity contribution is -0.142. The van der Waals surface area contributed by atoms with Crippen LogP contribution < -0.4 is 0 Å². The average molecular weight is 181 g/mol. The summed E-state index contributed by atoms with van der Waals surface area (Å²) in [5.41, 5.74) is 0. The molecule has 0 bridgehead atoms. The molecule has 5 nitrogen and oxygen atoms in total. The summed E-state index contributed by atoms with van der Waals surface area (Å²) < 4.78 is 1.80. The Labute approximate surface area is 75.4 Å². The molecule has 0 spiro atoms. The van der Waals surface area contributed by atoms with Gasteiger partial charge in [-0.1, -0.05) is 0 Å². The second kappa shape index (κ2) is 2.83. The van der Waals surface area contributed by atoms with Crippen LogP contribution in [0.4, 0.5) is 0 Å². The van der Waals surface area contributed by atoms with Crippen LogP contribution >= 0.6 is 0 Å². The number of fused-ring (bicyclic) bond motifs is 1. The molecule has 1 N–H and O–H groups in total. The van der Waals surface area contributed by atoms with Gasteiger partial charge < -0.3 is 5.11 Å². The number of hydrogen-bond donors (Lipinski definition) is 1. The van der Waals surface area contributed by atoms with Gasteiger partial charge in [-0.15, -0.1) is 0 Å². The van der Waals surface area contributed by atoms with E-state index in [1.165, 1.54) is 0 Å². The second-order valence-electron chi connectivity index (χ2n) is 3.33. The van der Waals surface area contributed by atoms with Gasteiger partial charge >= 0.3 is 5.97 Å². The zero-order valence-electron chi connectivity index (χ0n) is 7.40. The Bertz CT molecular complexity index is 345. The number of nitrogens with zero attached hydrogens (tertiary/aromatic N) is 3. The van der Waals surface area contributed by atoms with E-state index in [1.807, 2.05) is 6.92 Å². The lowest BCUT2D eigenvalue weighted by Crippen LogP contribution is -2.26. The first kappa shape index (κ1) is 8.22. The van der Waals surface area contributed by atoms with Crippen molar-refractivity contribution in [2.75, 3.05) is 0 Å². The third-order valence-electron chi connectivity index (χ3n) is 2.32. The van der Waals surface area contributed by atoms with Crippen molar-refractivity contribution in [3.05, 3.63) is 11.6 Å². The first-order valence-corrected chi connectivity index (χ1v) is 4.30. The Kier molecular flexibility index (Phi) is 1.79. The van der Waals surface area contributed by atoms with Crippen LogP contribution in [0.5, 0.6) is 0 Å². The fourth-order valence-corrected chi connectivity index (χ4v) is 1.64. The van der Waals surface area contributed by atoms with Crippen LogP contribution in [0.25, 0.3) is 0 Å². The lowest BCUT2D eigenvalue weighted by Gasteiger charge is -2.17. The standard InChI is InChI=1S/C8H11N3O2/c1-5-9-7-4-6(8(12)13)2-3-11(7)10-5/h6H,2-4H2,1H3,(H,12,13). The van der Waals surface area contributed by atoms with Gasteiger partial charge in [-0.05, 0) is 13.3 Å². The van der Waals surface area contributed by atoms with E-state index in [9.17, 15) is 4.79 Å². The van der Waals surface area contributed by atoms with Gasteiger partial charge in [0, 0.05) is 13.0 Å². The van der Waals surface area contributed by atoms with E-state index in [4.69, 9.17) is 5.11 Å². The minimum absolute atomic E-state index is 0.281. The molecule has 2 rings (SSSR count). The summed E-state index contributed by atoms with van der Waals surface area (Å²) in [6.45, 7) is 2.49. The minimum Gasteiger partial charge on any atom is -0.481 e. The molecular formula is C8H11N3O2. The fraction of sp³-hybridized carbons (Fsp3) is 0.625. The van der Waals surface area contributed by atoms with Crippen LogP contribution in [0.15, 0.2) is 0 Å². The molecule has 1 aromatic heterocycles. The summed E-state index contributed by atoms with van der Waals surface area (Å²) in [6.07, 6.45) is 1.17. The highest BCUT2D eigenvalue weighted by Gasteiger charge is 2.25. The number of aryl methyl sites for hydroxylation is 2. The van der Waals surface area contributed by atoms with Gasteiger partial charge in [0.2, 0.25) is 0 Å². The first-order valence-electron chi connectivity index (χ1n) is 4.30. The molecule has 5 heteroatoms. The maximum Gasteiger partial charge on any atom is 0.307 e. The molecule has 0 radical (unpaired) electrons. The molecule has 70 valence electrons. The van der Waals surface area contributed by atoms with Crippen LogP contribution in [0.3, 0.4) is 0 Å². The topological polar surface area (TPSA) is 68.0 Å². The van der Waals surface area contributed by atoms with Crippen LogP contribution in [-0.2, 0) is 17.8 Å².